The molecule has 8 nitrogen and oxygen atoms in total. The van der Waals surface area contributed by atoms with Crippen molar-refractivity contribution in [1.82, 2.24) is 0 Å². The maximum atomic E-state index is 8.97. The van der Waals surface area contributed by atoms with Gasteiger partial charge in [-0.1, -0.05) is 0 Å². The third-order valence-electron chi connectivity index (χ3n) is 2.76. The van der Waals surface area contributed by atoms with Gasteiger partial charge < -0.3 is 42.1 Å². The number of rotatable bonds is 3. The molecule has 1 fully saturated rings. The molecule has 1 aliphatic rings. The summed E-state index contributed by atoms with van der Waals surface area (Å²) in [5.74, 6) is 0. The molecule has 18 heavy (non-hydrogen) atoms. The zero-order valence-electron chi connectivity index (χ0n) is 10.1. The van der Waals surface area contributed by atoms with E-state index < -0.39 is 36.6 Å². The first kappa shape index (κ1) is 17.7. The first-order chi connectivity index (χ1) is 8.38. The number of unbranched alkanes of at least 4 members (excludes halogenated alkanes) is 1. The Morgan fingerprint density at radius 1 is 0.500 bits per heavy atom. The fourth-order valence-electron chi connectivity index (χ4n) is 1.50. The molecule has 0 atom stereocenters. The molecule has 0 amide bonds. The van der Waals surface area contributed by atoms with Gasteiger partial charge in [0, 0.05) is 0 Å². The lowest BCUT2D eigenvalue weighted by Crippen LogP contribution is -2.63. The Bertz CT molecular complexity index is 158. The standard InChI is InChI=1S/C6H12O6.C4H12N2/c7-1-2(8)4(10)6(12)5(11)3(1)9;5-3-1-2-4-6/h1-12H;1-6H2/t1-,2-,3-,4+,5-,6-;. The first-order valence-corrected chi connectivity index (χ1v) is 5.87. The monoisotopic (exact) mass is 268 g/mol. The van der Waals surface area contributed by atoms with Crippen LogP contribution in [0.2, 0.25) is 0 Å². The summed E-state index contributed by atoms with van der Waals surface area (Å²) in [5, 5.41) is 53.8. The van der Waals surface area contributed by atoms with E-state index >= 15 is 0 Å². The van der Waals surface area contributed by atoms with Crippen LogP contribution in [-0.2, 0) is 0 Å². The van der Waals surface area contributed by atoms with E-state index in [9.17, 15) is 0 Å². The van der Waals surface area contributed by atoms with Crippen molar-refractivity contribution in [2.45, 2.75) is 49.5 Å². The molecule has 110 valence electrons. The third kappa shape index (κ3) is 4.75. The summed E-state index contributed by atoms with van der Waals surface area (Å²) in [7, 11) is 0. The van der Waals surface area contributed by atoms with Crippen LogP contribution in [0.5, 0.6) is 0 Å². The summed E-state index contributed by atoms with van der Waals surface area (Å²) in [6.07, 6.45) is -7.71. The molecular weight excluding hydrogens is 244 g/mol. The van der Waals surface area contributed by atoms with Crippen LogP contribution in [0.25, 0.3) is 0 Å². The Kier molecular flexibility index (Phi) is 8.57. The third-order valence-corrected chi connectivity index (χ3v) is 2.76. The summed E-state index contributed by atoms with van der Waals surface area (Å²) >= 11 is 0. The highest BCUT2D eigenvalue weighted by Gasteiger charge is 2.47. The molecule has 0 aromatic carbocycles. The molecule has 1 rings (SSSR count). The molecule has 0 aliphatic heterocycles. The van der Waals surface area contributed by atoms with Crippen LogP contribution in [0.15, 0.2) is 0 Å². The van der Waals surface area contributed by atoms with E-state index in [4.69, 9.17) is 42.1 Å². The summed E-state index contributed by atoms with van der Waals surface area (Å²) in [6.45, 7) is 1.55. The van der Waals surface area contributed by atoms with Crippen LogP contribution in [0.4, 0.5) is 0 Å². The van der Waals surface area contributed by atoms with Crippen LogP contribution in [0, 0.1) is 0 Å². The zero-order valence-corrected chi connectivity index (χ0v) is 10.1. The molecular formula is C10H24N2O6. The number of aliphatic hydroxyl groups excluding tert-OH is 6. The smallest absolute Gasteiger partial charge is 0.111 e. The van der Waals surface area contributed by atoms with Crippen molar-refractivity contribution in [3.05, 3.63) is 0 Å². The van der Waals surface area contributed by atoms with Gasteiger partial charge in [0.05, 0.1) is 0 Å². The number of hydrogen-bond donors (Lipinski definition) is 8. The molecule has 1 aliphatic carbocycles. The minimum Gasteiger partial charge on any atom is -0.387 e. The topological polar surface area (TPSA) is 173 Å². The maximum Gasteiger partial charge on any atom is 0.111 e. The van der Waals surface area contributed by atoms with Gasteiger partial charge in [0.1, 0.15) is 36.6 Å². The average molecular weight is 268 g/mol. The Labute approximate surface area is 105 Å². The lowest BCUT2D eigenvalue weighted by Gasteiger charge is -2.39. The summed E-state index contributed by atoms with van der Waals surface area (Å²) in [4.78, 5) is 0. The quantitative estimate of drug-likeness (QED) is 0.238. The fourth-order valence-corrected chi connectivity index (χ4v) is 1.50. The molecule has 0 radical (unpaired) electrons. The van der Waals surface area contributed by atoms with Gasteiger partial charge in [-0.3, -0.25) is 0 Å². The second kappa shape index (κ2) is 8.73. The Balaban J connectivity index is 0.000000411. The molecule has 0 bridgehead atoms. The molecule has 0 spiro atoms. The minimum atomic E-state index is -1.64. The molecule has 0 aromatic rings. The van der Waals surface area contributed by atoms with E-state index in [1.54, 1.807) is 0 Å². The van der Waals surface area contributed by atoms with Gasteiger partial charge in [0.2, 0.25) is 0 Å². The van der Waals surface area contributed by atoms with Gasteiger partial charge in [-0.2, -0.15) is 0 Å². The lowest BCUT2D eigenvalue weighted by atomic mass is 9.85. The summed E-state index contributed by atoms with van der Waals surface area (Å²) < 4.78 is 0. The van der Waals surface area contributed by atoms with E-state index in [-0.39, 0.29) is 0 Å². The SMILES string of the molecule is NCCCCN.O[C@H]1[C@H](O)[C@@H](O)[C@H](O)[C@@H](O)[C@H]1O. The Hall–Kier alpha value is -0.320. The second-order valence-corrected chi connectivity index (χ2v) is 4.23. The van der Waals surface area contributed by atoms with Crippen molar-refractivity contribution in [2.75, 3.05) is 13.1 Å². The van der Waals surface area contributed by atoms with Crippen molar-refractivity contribution in [3.8, 4) is 0 Å². The molecule has 10 N–H and O–H groups in total. The van der Waals surface area contributed by atoms with Crippen molar-refractivity contribution in [3.63, 3.8) is 0 Å². The zero-order chi connectivity index (χ0) is 14.3. The van der Waals surface area contributed by atoms with Crippen LogP contribution >= 0.6 is 0 Å². The van der Waals surface area contributed by atoms with E-state index in [1.807, 2.05) is 0 Å². The van der Waals surface area contributed by atoms with Crippen LogP contribution in [0.1, 0.15) is 12.8 Å². The predicted molar refractivity (Wildman–Crippen MR) is 63.4 cm³/mol. The summed E-state index contributed by atoms with van der Waals surface area (Å²) in [6, 6.07) is 0. The van der Waals surface area contributed by atoms with Gasteiger partial charge in [-0.15, -0.1) is 0 Å². The van der Waals surface area contributed by atoms with Gasteiger partial charge in [-0.05, 0) is 25.9 Å². The minimum absolute atomic E-state index is 0.775. The van der Waals surface area contributed by atoms with Crippen LogP contribution in [0.3, 0.4) is 0 Å². The van der Waals surface area contributed by atoms with Gasteiger partial charge in [0.15, 0.2) is 0 Å². The van der Waals surface area contributed by atoms with E-state index in [0.29, 0.717) is 0 Å². The van der Waals surface area contributed by atoms with Gasteiger partial charge in [-0.25, -0.2) is 0 Å². The lowest BCUT2D eigenvalue weighted by molar-refractivity contribution is -0.223. The summed E-state index contributed by atoms with van der Waals surface area (Å²) in [5.41, 5.74) is 10.3. The van der Waals surface area contributed by atoms with Crippen molar-refractivity contribution in [2.24, 2.45) is 11.5 Å². The average Bonchev–Trinajstić information content (AvgIpc) is 2.39. The maximum absolute atomic E-state index is 8.97. The Morgan fingerprint density at radius 2 is 0.667 bits per heavy atom. The normalized spacial score (nSPS) is 40.0. The van der Waals surface area contributed by atoms with Crippen molar-refractivity contribution >= 4 is 0 Å². The van der Waals surface area contributed by atoms with Gasteiger partial charge >= 0.3 is 0 Å². The van der Waals surface area contributed by atoms with E-state index in [1.165, 1.54) is 0 Å². The van der Waals surface area contributed by atoms with E-state index in [2.05, 4.69) is 0 Å². The van der Waals surface area contributed by atoms with Crippen LogP contribution < -0.4 is 11.5 Å². The highest BCUT2D eigenvalue weighted by atomic mass is 16.4. The predicted octanol–water partition coefficient (Wildman–Crippen LogP) is -4.15. The highest BCUT2D eigenvalue weighted by Crippen LogP contribution is 2.20. The molecule has 1 saturated carbocycles. The second-order valence-electron chi connectivity index (χ2n) is 4.23. The number of nitrogens with two attached hydrogens (primary N) is 2. The number of hydrogen-bond acceptors (Lipinski definition) is 8. The fraction of sp³-hybridized carbons (Fsp3) is 1.00. The van der Waals surface area contributed by atoms with E-state index in [0.717, 1.165) is 25.9 Å². The van der Waals surface area contributed by atoms with Gasteiger partial charge in [0.25, 0.3) is 0 Å². The highest BCUT2D eigenvalue weighted by molar-refractivity contribution is 4.98. The molecule has 0 unspecified atom stereocenters. The molecule has 0 aromatic heterocycles. The Morgan fingerprint density at radius 3 is 0.778 bits per heavy atom. The number of aliphatic hydroxyl groups is 6. The molecule has 8 heteroatoms. The van der Waals surface area contributed by atoms with Crippen molar-refractivity contribution < 1.29 is 30.6 Å². The van der Waals surface area contributed by atoms with Crippen molar-refractivity contribution in [1.29, 1.82) is 0 Å². The molecule has 0 saturated heterocycles. The first-order valence-electron chi connectivity index (χ1n) is 5.87. The molecule has 0 heterocycles. The van der Waals surface area contributed by atoms with Crippen LogP contribution in [-0.4, -0.2) is 80.4 Å². The largest absolute Gasteiger partial charge is 0.387 e.